The van der Waals surface area contributed by atoms with Crippen LogP contribution in [0, 0.1) is 5.82 Å². The van der Waals surface area contributed by atoms with Gasteiger partial charge in [-0.3, -0.25) is 4.72 Å². The highest BCUT2D eigenvalue weighted by molar-refractivity contribution is 7.92. The molecule has 11 heteroatoms. The van der Waals surface area contributed by atoms with E-state index in [1.54, 1.807) is 50.2 Å². The van der Waals surface area contributed by atoms with Crippen LogP contribution >= 0.6 is 12.2 Å². The fourth-order valence-electron chi connectivity index (χ4n) is 3.69. The number of halogens is 1. The molecule has 196 valence electrons. The van der Waals surface area contributed by atoms with E-state index >= 15 is 4.39 Å². The van der Waals surface area contributed by atoms with E-state index in [1.807, 2.05) is 19.0 Å². The summed E-state index contributed by atoms with van der Waals surface area (Å²) in [6, 6.07) is 9.53. The highest BCUT2D eigenvalue weighted by atomic mass is 32.2. The van der Waals surface area contributed by atoms with E-state index < -0.39 is 21.5 Å². The molecule has 3 rings (SSSR count). The first kappa shape index (κ1) is 27.6. The first-order chi connectivity index (χ1) is 16.9. The number of ether oxygens (including phenoxy) is 1. The van der Waals surface area contributed by atoms with E-state index in [4.69, 9.17) is 21.4 Å². The van der Waals surface area contributed by atoms with Crippen molar-refractivity contribution < 1.29 is 23.4 Å². The number of sulfonamides is 1. The molecule has 0 aliphatic rings. The second-order valence-electron chi connectivity index (χ2n) is 8.88. The van der Waals surface area contributed by atoms with Crippen LogP contribution in [-0.2, 0) is 23.0 Å². The van der Waals surface area contributed by atoms with E-state index in [2.05, 4.69) is 4.72 Å². The molecule has 2 aromatic carbocycles. The van der Waals surface area contributed by atoms with Gasteiger partial charge in [0.05, 0.1) is 11.4 Å². The fourth-order valence-corrected chi connectivity index (χ4v) is 4.92. The Bertz CT molecular complexity index is 1440. The Morgan fingerprint density at radius 3 is 2.53 bits per heavy atom. The van der Waals surface area contributed by atoms with Crippen LogP contribution in [0.2, 0.25) is 0 Å². The van der Waals surface area contributed by atoms with Gasteiger partial charge in [-0.1, -0.05) is 19.1 Å². The lowest BCUT2D eigenvalue weighted by atomic mass is 9.97. The maximum atomic E-state index is 15.3. The van der Waals surface area contributed by atoms with Gasteiger partial charge in [0.1, 0.15) is 11.3 Å². The summed E-state index contributed by atoms with van der Waals surface area (Å²) in [6.45, 7) is 2.13. The molecule has 0 atom stereocenters. The van der Waals surface area contributed by atoms with E-state index in [9.17, 15) is 13.2 Å². The van der Waals surface area contributed by atoms with Gasteiger partial charge in [0.15, 0.2) is 5.82 Å². The summed E-state index contributed by atoms with van der Waals surface area (Å²) >= 11 is 5.18. The molecule has 0 aliphatic heterocycles. The molecular weight excluding hydrogens is 505 g/mol. The number of hydrogen-bond acceptors (Lipinski definition) is 7. The maximum Gasteiger partial charge on any atom is 0.340 e. The maximum absolute atomic E-state index is 15.3. The summed E-state index contributed by atoms with van der Waals surface area (Å²) in [7, 11) is 3.56. The third-order valence-corrected chi connectivity index (χ3v) is 7.25. The number of hydrogen-bond donors (Lipinski definition) is 1. The summed E-state index contributed by atoms with van der Waals surface area (Å²) in [6.07, 6.45) is 0.329. The van der Waals surface area contributed by atoms with Crippen molar-refractivity contribution in [1.82, 2.24) is 9.80 Å². The minimum absolute atomic E-state index is 0. The monoisotopic (exact) mass is 537 g/mol. The summed E-state index contributed by atoms with van der Waals surface area (Å²) < 4.78 is 53.2. The Kier molecular flexibility index (Phi) is 8.70. The predicted molar refractivity (Wildman–Crippen MR) is 146 cm³/mol. The Morgan fingerprint density at radius 1 is 1.17 bits per heavy atom. The first-order valence-electron chi connectivity index (χ1n) is 11.3. The van der Waals surface area contributed by atoms with Crippen LogP contribution in [0.3, 0.4) is 0 Å². The number of nitrogens with one attached hydrogen (secondary N) is 1. The van der Waals surface area contributed by atoms with Crippen molar-refractivity contribution in [2.45, 2.75) is 26.3 Å². The van der Waals surface area contributed by atoms with Gasteiger partial charge in [0, 0.05) is 45.5 Å². The number of fused-ring (bicyclic) bond motifs is 1. The van der Waals surface area contributed by atoms with Crippen LogP contribution in [-0.4, -0.2) is 57.3 Å². The molecule has 0 saturated carbocycles. The average Bonchev–Trinajstić information content (AvgIpc) is 2.77. The Morgan fingerprint density at radius 2 is 1.89 bits per heavy atom. The molecule has 8 nitrogen and oxygen atoms in total. The topological polar surface area (TPSA) is 92.1 Å². The molecule has 0 radical (unpaired) electrons. The highest BCUT2D eigenvalue weighted by Crippen LogP contribution is 2.28. The molecule has 0 aliphatic carbocycles. The minimum atomic E-state index is -3.68. The van der Waals surface area contributed by atoms with Gasteiger partial charge in [-0.15, -0.1) is 0 Å². The lowest BCUT2D eigenvalue weighted by Gasteiger charge is -2.18. The number of nitrogens with zero attached hydrogens (tertiary/aromatic N) is 2. The molecule has 0 fully saturated rings. The summed E-state index contributed by atoms with van der Waals surface area (Å²) in [5, 5.41) is 0.938. The number of rotatable bonds is 9. The molecule has 1 heterocycles. The third kappa shape index (κ3) is 6.59. The van der Waals surface area contributed by atoms with Crippen LogP contribution in [0.15, 0.2) is 45.6 Å². The van der Waals surface area contributed by atoms with Crippen molar-refractivity contribution in [1.29, 1.82) is 0 Å². The molecule has 0 saturated heterocycles. The smallest absolute Gasteiger partial charge is 0.340 e. The van der Waals surface area contributed by atoms with Crippen molar-refractivity contribution in [3.63, 3.8) is 0 Å². The summed E-state index contributed by atoms with van der Waals surface area (Å²) in [5.41, 5.74) is 0.711. The van der Waals surface area contributed by atoms with E-state index in [0.29, 0.717) is 40.8 Å². The SMILES string of the molecule is CCCS(=O)(=O)Nc1cccc(Cc2c(CN(C)C)c3ccc(OC(=S)N(C)C)cc3oc2=O)c1F.[HH]. The van der Waals surface area contributed by atoms with Crippen molar-refractivity contribution >= 4 is 44.1 Å². The molecule has 1 aromatic heterocycles. The third-order valence-electron chi connectivity index (χ3n) is 5.32. The number of anilines is 1. The zero-order chi connectivity index (χ0) is 26.6. The van der Waals surface area contributed by atoms with E-state index in [1.165, 1.54) is 12.1 Å². The average molecular weight is 538 g/mol. The summed E-state index contributed by atoms with van der Waals surface area (Å²) in [5.74, 6) is -0.428. The normalized spacial score (nSPS) is 11.6. The standard InChI is InChI=1S/C25H30FN3O5S2.H2/c1-6-12-36(31,32)27-21-9-7-8-16(23(21)26)13-19-20(15-28(2)3)18-11-10-17(33-25(35)29(4)5)14-22(18)34-24(19)30;/h7-11,14,27H,6,12-13,15H2,1-5H3;1H. The van der Waals surface area contributed by atoms with Crippen molar-refractivity contribution in [3.8, 4) is 5.75 Å². The van der Waals surface area contributed by atoms with Gasteiger partial charge in [0.25, 0.3) is 5.17 Å². The first-order valence-corrected chi connectivity index (χ1v) is 13.4. The van der Waals surface area contributed by atoms with Crippen LogP contribution < -0.4 is 15.1 Å². The number of benzene rings is 2. The predicted octanol–water partition coefficient (Wildman–Crippen LogP) is 4.21. The van der Waals surface area contributed by atoms with Gasteiger partial charge in [-0.2, -0.15) is 0 Å². The highest BCUT2D eigenvalue weighted by Gasteiger charge is 2.20. The van der Waals surface area contributed by atoms with E-state index in [0.717, 1.165) is 0 Å². The Balaban J connectivity index is 0.00000481. The lowest BCUT2D eigenvalue weighted by molar-refractivity contribution is 0.400. The molecule has 3 aromatic rings. The van der Waals surface area contributed by atoms with E-state index in [-0.39, 0.29) is 30.0 Å². The summed E-state index contributed by atoms with van der Waals surface area (Å²) in [4.78, 5) is 16.6. The minimum Gasteiger partial charge on any atom is -0.432 e. The molecule has 0 amide bonds. The van der Waals surface area contributed by atoms with Gasteiger partial charge in [-0.05, 0) is 62.1 Å². The van der Waals surface area contributed by atoms with Gasteiger partial charge in [0.2, 0.25) is 10.0 Å². The van der Waals surface area contributed by atoms with Crippen molar-refractivity contribution in [2.24, 2.45) is 0 Å². The van der Waals surface area contributed by atoms with Gasteiger partial charge < -0.3 is 19.0 Å². The zero-order valence-corrected chi connectivity index (χ0v) is 22.6. The Labute approximate surface area is 217 Å². The second-order valence-corrected chi connectivity index (χ2v) is 11.1. The van der Waals surface area contributed by atoms with Crippen LogP contribution in [0.4, 0.5) is 10.1 Å². The molecule has 0 spiro atoms. The lowest BCUT2D eigenvalue weighted by Crippen LogP contribution is -2.25. The van der Waals surface area contributed by atoms with Gasteiger partial charge in [-0.25, -0.2) is 17.6 Å². The molecule has 0 unspecified atom stereocenters. The van der Waals surface area contributed by atoms with Crippen molar-refractivity contribution in [3.05, 3.63) is 69.3 Å². The zero-order valence-electron chi connectivity index (χ0n) is 20.9. The van der Waals surface area contributed by atoms with Crippen LogP contribution in [0.5, 0.6) is 5.75 Å². The number of thiocarbonyl (C=S) groups is 1. The van der Waals surface area contributed by atoms with Crippen LogP contribution in [0.25, 0.3) is 11.0 Å². The van der Waals surface area contributed by atoms with Crippen molar-refractivity contribution in [2.75, 3.05) is 38.7 Å². The van der Waals surface area contributed by atoms with Gasteiger partial charge >= 0.3 is 5.63 Å². The molecule has 36 heavy (non-hydrogen) atoms. The second kappa shape index (κ2) is 11.4. The quantitative estimate of drug-likeness (QED) is 0.321. The molecule has 1 N–H and O–H groups in total. The largest absolute Gasteiger partial charge is 0.432 e. The molecule has 0 bridgehead atoms. The van der Waals surface area contributed by atoms with Crippen LogP contribution in [0.1, 0.15) is 31.5 Å². The molecular formula is C25H32FN3O5S2. The Hall–Kier alpha value is -3.02. The fraction of sp³-hybridized carbons (Fsp3) is 0.360.